The molecule has 1 aromatic rings. The van der Waals surface area contributed by atoms with Crippen LogP contribution in [0.4, 0.5) is 0 Å². The molecule has 5 heteroatoms. The molecule has 0 heterocycles. The number of benzene rings is 1. The molecule has 0 aromatic heterocycles. The van der Waals surface area contributed by atoms with E-state index in [9.17, 15) is 4.79 Å². The van der Waals surface area contributed by atoms with Crippen LogP contribution in [0.1, 0.15) is 22.7 Å². The van der Waals surface area contributed by atoms with Crippen LogP contribution in [0.5, 0.6) is 5.75 Å². The first-order valence-corrected chi connectivity index (χ1v) is 6.08. The van der Waals surface area contributed by atoms with E-state index in [2.05, 4.69) is 10.6 Å². The van der Waals surface area contributed by atoms with Gasteiger partial charge in [-0.3, -0.25) is 4.79 Å². The topological polar surface area (TPSA) is 50.4 Å². The maximum Gasteiger partial charge on any atom is 0.241 e. The van der Waals surface area contributed by atoms with Gasteiger partial charge in [0.15, 0.2) is 0 Å². The third kappa shape index (κ3) is 2.60. The highest BCUT2D eigenvalue weighted by Crippen LogP contribution is 2.35. The minimum Gasteiger partial charge on any atom is -0.496 e. The molecule has 0 spiro atoms. The van der Waals surface area contributed by atoms with Crippen LogP contribution in [-0.2, 0) is 4.79 Å². The normalized spacial score (nSPS) is 12.1. The van der Waals surface area contributed by atoms with Crippen molar-refractivity contribution in [1.29, 1.82) is 0 Å². The quantitative estimate of drug-likeness (QED) is 0.880. The number of methoxy groups -OCH3 is 1. The maximum atomic E-state index is 11.9. The molecule has 1 amide bonds. The molecule has 18 heavy (non-hydrogen) atoms. The van der Waals surface area contributed by atoms with Crippen molar-refractivity contribution in [3.05, 3.63) is 27.8 Å². The van der Waals surface area contributed by atoms with E-state index in [4.69, 9.17) is 16.3 Å². The summed E-state index contributed by atoms with van der Waals surface area (Å²) in [5.41, 5.74) is 2.56. The Balaban J connectivity index is 3.45. The molecule has 4 nitrogen and oxygen atoms in total. The molecule has 0 radical (unpaired) electrons. The number of likely N-dealkylation sites (N-methyl/N-ethyl adjacent to an activating group) is 2. The van der Waals surface area contributed by atoms with Crippen LogP contribution in [0.25, 0.3) is 0 Å². The summed E-state index contributed by atoms with van der Waals surface area (Å²) in [5.74, 6) is 0.538. The fraction of sp³-hybridized carbons (Fsp3) is 0.462. The van der Waals surface area contributed by atoms with Gasteiger partial charge in [0.25, 0.3) is 0 Å². The van der Waals surface area contributed by atoms with Crippen LogP contribution >= 0.6 is 11.6 Å². The average Bonchev–Trinajstić information content (AvgIpc) is 2.38. The minimum atomic E-state index is -0.483. The Bertz CT molecular complexity index is 461. The van der Waals surface area contributed by atoms with Crippen LogP contribution in [0.3, 0.4) is 0 Å². The summed E-state index contributed by atoms with van der Waals surface area (Å²) in [5, 5.41) is 6.27. The minimum absolute atomic E-state index is 0.126. The number of ether oxygens (including phenoxy) is 1. The number of carbonyl (C=O) groups is 1. The van der Waals surface area contributed by atoms with Gasteiger partial charge >= 0.3 is 0 Å². The first kappa shape index (κ1) is 14.8. The van der Waals surface area contributed by atoms with Crippen molar-refractivity contribution in [3.8, 4) is 5.75 Å². The summed E-state index contributed by atoms with van der Waals surface area (Å²) < 4.78 is 5.36. The zero-order valence-corrected chi connectivity index (χ0v) is 12.1. The van der Waals surface area contributed by atoms with Crippen LogP contribution in [0.15, 0.2) is 6.07 Å². The Labute approximate surface area is 113 Å². The van der Waals surface area contributed by atoms with Crippen LogP contribution < -0.4 is 15.4 Å². The smallest absolute Gasteiger partial charge is 0.241 e. The first-order chi connectivity index (χ1) is 8.47. The second-order valence-corrected chi connectivity index (χ2v) is 4.46. The first-order valence-electron chi connectivity index (χ1n) is 5.70. The number of halogens is 1. The van der Waals surface area contributed by atoms with E-state index >= 15 is 0 Å². The summed E-state index contributed by atoms with van der Waals surface area (Å²) in [6, 6.07) is 1.36. The largest absolute Gasteiger partial charge is 0.496 e. The van der Waals surface area contributed by atoms with Crippen molar-refractivity contribution in [1.82, 2.24) is 10.6 Å². The average molecular weight is 271 g/mol. The van der Waals surface area contributed by atoms with Gasteiger partial charge < -0.3 is 15.4 Å². The molecule has 0 fully saturated rings. The molecule has 0 saturated heterocycles. The van der Waals surface area contributed by atoms with E-state index in [1.807, 2.05) is 19.9 Å². The van der Waals surface area contributed by atoms with Gasteiger partial charge in [-0.1, -0.05) is 11.6 Å². The lowest BCUT2D eigenvalue weighted by Gasteiger charge is -2.22. The van der Waals surface area contributed by atoms with Crippen LogP contribution in [-0.4, -0.2) is 27.1 Å². The fourth-order valence-corrected chi connectivity index (χ4v) is 2.17. The second-order valence-electron chi connectivity index (χ2n) is 4.08. The van der Waals surface area contributed by atoms with Crippen molar-refractivity contribution >= 4 is 17.5 Å². The summed E-state index contributed by atoms with van der Waals surface area (Å²) in [4.78, 5) is 11.9. The maximum absolute atomic E-state index is 11.9. The number of hydrogen-bond donors (Lipinski definition) is 2. The molecule has 0 aliphatic carbocycles. The Morgan fingerprint density at radius 1 is 1.39 bits per heavy atom. The molecule has 1 aromatic carbocycles. The zero-order valence-electron chi connectivity index (χ0n) is 11.3. The Morgan fingerprint density at radius 2 is 2.00 bits per heavy atom. The molecule has 0 aliphatic rings. The molecule has 2 N–H and O–H groups in total. The van der Waals surface area contributed by atoms with E-state index < -0.39 is 6.04 Å². The molecule has 0 bridgehead atoms. The zero-order chi connectivity index (χ0) is 13.9. The number of nitrogens with one attached hydrogen (secondary N) is 2. The van der Waals surface area contributed by atoms with Gasteiger partial charge in [0.2, 0.25) is 5.91 Å². The lowest BCUT2D eigenvalue weighted by atomic mass is 9.97. The van der Waals surface area contributed by atoms with Crippen molar-refractivity contribution < 1.29 is 9.53 Å². The van der Waals surface area contributed by atoms with Crippen molar-refractivity contribution in [2.45, 2.75) is 19.9 Å². The monoisotopic (exact) mass is 270 g/mol. The molecule has 0 saturated carbocycles. The van der Waals surface area contributed by atoms with E-state index in [0.717, 1.165) is 16.7 Å². The second kappa shape index (κ2) is 6.07. The summed E-state index contributed by atoms with van der Waals surface area (Å²) in [6.45, 7) is 3.80. The summed E-state index contributed by atoms with van der Waals surface area (Å²) in [6.07, 6.45) is 0. The van der Waals surface area contributed by atoms with Crippen molar-refractivity contribution in [2.75, 3.05) is 21.2 Å². The van der Waals surface area contributed by atoms with Gasteiger partial charge in [-0.15, -0.1) is 0 Å². The van der Waals surface area contributed by atoms with E-state index in [1.54, 1.807) is 21.2 Å². The molecule has 1 atom stereocenters. The summed E-state index contributed by atoms with van der Waals surface area (Å²) in [7, 11) is 4.92. The van der Waals surface area contributed by atoms with E-state index in [1.165, 1.54) is 0 Å². The van der Waals surface area contributed by atoms with Gasteiger partial charge in [0.05, 0.1) is 7.11 Å². The predicted molar refractivity (Wildman–Crippen MR) is 73.3 cm³/mol. The highest BCUT2D eigenvalue weighted by atomic mass is 35.5. The number of amides is 1. The molecule has 1 unspecified atom stereocenters. The molecular weight excluding hydrogens is 252 g/mol. The number of carbonyl (C=O) groups excluding carboxylic acids is 1. The van der Waals surface area contributed by atoms with Crippen molar-refractivity contribution in [3.63, 3.8) is 0 Å². The van der Waals surface area contributed by atoms with Crippen LogP contribution in [0, 0.1) is 13.8 Å². The molecule has 0 aliphatic heterocycles. The Kier molecular flexibility index (Phi) is 4.99. The third-order valence-electron chi connectivity index (χ3n) is 3.00. The predicted octanol–water partition coefficient (Wildman–Crippen LogP) is 1.97. The van der Waals surface area contributed by atoms with Gasteiger partial charge in [0.1, 0.15) is 11.8 Å². The highest BCUT2D eigenvalue weighted by molar-refractivity contribution is 6.32. The van der Waals surface area contributed by atoms with Gasteiger partial charge in [-0.25, -0.2) is 0 Å². The Morgan fingerprint density at radius 3 is 2.44 bits per heavy atom. The Hall–Kier alpha value is -1.26. The molecule has 1 rings (SSSR count). The SMILES string of the molecule is CNC(=O)C(NC)c1c(OC)cc(C)c(Cl)c1C. The van der Waals surface area contributed by atoms with Gasteiger partial charge in [-0.2, -0.15) is 0 Å². The van der Waals surface area contributed by atoms with Gasteiger partial charge in [0, 0.05) is 17.6 Å². The molecular formula is C13H19ClN2O2. The number of rotatable bonds is 4. The summed E-state index contributed by atoms with van der Waals surface area (Å²) >= 11 is 6.25. The molecule has 100 valence electrons. The third-order valence-corrected chi connectivity index (χ3v) is 3.58. The fourth-order valence-electron chi connectivity index (χ4n) is 2.02. The number of hydrogen-bond acceptors (Lipinski definition) is 3. The lowest BCUT2D eigenvalue weighted by molar-refractivity contribution is -0.122. The highest BCUT2D eigenvalue weighted by Gasteiger charge is 2.25. The van der Waals surface area contributed by atoms with Crippen LogP contribution in [0.2, 0.25) is 5.02 Å². The van der Waals surface area contributed by atoms with Crippen molar-refractivity contribution in [2.24, 2.45) is 0 Å². The lowest BCUT2D eigenvalue weighted by Crippen LogP contribution is -2.34. The van der Waals surface area contributed by atoms with E-state index in [0.29, 0.717) is 10.8 Å². The van der Waals surface area contributed by atoms with Gasteiger partial charge in [-0.05, 0) is 38.1 Å². The standard InChI is InChI=1S/C13H19ClN2O2/c1-7-6-9(18-5)10(8(2)11(7)14)12(15-3)13(17)16-4/h6,12,15H,1-5H3,(H,16,17). The number of aryl methyl sites for hydroxylation is 1. The van der Waals surface area contributed by atoms with E-state index in [-0.39, 0.29) is 5.91 Å².